The van der Waals surface area contributed by atoms with Crippen molar-refractivity contribution in [2.45, 2.75) is 23.4 Å². The Morgan fingerprint density at radius 2 is 1.88 bits per heavy atom. The van der Waals surface area contributed by atoms with Crippen molar-refractivity contribution in [3.05, 3.63) is 59.4 Å². The number of rotatable bonds is 4. The molecule has 2 aromatic rings. The number of hydrogen-bond donors (Lipinski definition) is 2. The van der Waals surface area contributed by atoms with Gasteiger partial charge in [-0.25, -0.2) is 12.8 Å². The largest absolute Gasteiger partial charge is 0.416 e. The van der Waals surface area contributed by atoms with Crippen molar-refractivity contribution in [1.29, 1.82) is 0 Å². The molecule has 140 valence electrons. The maximum Gasteiger partial charge on any atom is 0.416 e. The Bertz CT molecular complexity index is 907. The summed E-state index contributed by atoms with van der Waals surface area (Å²) in [5.74, 6) is -1.03. The molecule has 2 N–H and O–H groups in total. The van der Waals surface area contributed by atoms with E-state index in [2.05, 4.69) is 10.0 Å². The molecule has 26 heavy (non-hydrogen) atoms. The van der Waals surface area contributed by atoms with Crippen LogP contribution in [0, 0.1) is 5.82 Å². The SMILES string of the molecule is O=S(=O)(Nc1cccc([C@@H]2CCNC2)c1)c1cc(F)cc(C(F)(F)F)c1. The van der Waals surface area contributed by atoms with Gasteiger partial charge in [0, 0.05) is 12.2 Å². The summed E-state index contributed by atoms with van der Waals surface area (Å²) in [4.78, 5) is -0.780. The fourth-order valence-corrected chi connectivity index (χ4v) is 4.00. The predicted octanol–water partition coefficient (Wildman–Crippen LogP) is 3.72. The Labute approximate surface area is 148 Å². The number of nitrogens with one attached hydrogen (secondary N) is 2. The Morgan fingerprint density at radius 1 is 1.12 bits per heavy atom. The van der Waals surface area contributed by atoms with Gasteiger partial charge in [0.1, 0.15) is 5.82 Å². The third kappa shape index (κ3) is 4.16. The minimum Gasteiger partial charge on any atom is -0.316 e. The van der Waals surface area contributed by atoms with Crippen molar-refractivity contribution in [3.8, 4) is 0 Å². The topological polar surface area (TPSA) is 58.2 Å². The van der Waals surface area contributed by atoms with Crippen LogP contribution in [0.1, 0.15) is 23.5 Å². The summed E-state index contributed by atoms with van der Waals surface area (Å²) in [6.45, 7) is 1.64. The van der Waals surface area contributed by atoms with E-state index in [0.717, 1.165) is 25.1 Å². The molecule has 0 radical (unpaired) electrons. The maximum atomic E-state index is 13.5. The van der Waals surface area contributed by atoms with Crippen LogP contribution in [0.15, 0.2) is 47.4 Å². The molecular formula is C17H16F4N2O2S. The molecule has 0 aromatic heterocycles. The lowest BCUT2D eigenvalue weighted by Gasteiger charge is -2.14. The van der Waals surface area contributed by atoms with E-state index in [9.17, 15) is 26.0 Å². The Balaban J connectivity index is 1.90. The minimum absolute atomic E-state index is 0.215. The molecule has 1 fully saturated rings. The first-order valence-electron chi connectivity index (χ1n) is 7.86. The van der Waals surface area contributed by atoms with Gasteiger partial charge < -0.3 is 5.32 Å². The highest BCUT2D eigenvalue weighted by Gasteiger charge is 2.33. The van der Waals surface area contributed by atoms with E-state index in [-0.39, 0.29) is 17.7 Å². The van der Waals surface area contributed by atoms with Crippen LogP contribution < -0.4 is 10.0 Å². The molecule has 0 saturated carbocycles. The quantitative estimate of drug-likeness (QED) is 0.785. The number of sulfonamides is 1. The molecule has 9 heteroatoms. The van der Waals surface area contributed by atoms with E-state index in [4.69, 9.17) is 0 Å². The van der Waals surface area contributed by atoms with Gasteiger partial charge in [0.25, 0.3) is 10.0 Å². The van der Waals surface area contributed by atoms with E-state index in [1.54, 1.807) is 12.1 Å². The second-order valence-electron chi connectivity index (χ2n) is 6.09. The summed E-state index contributed by atoms with van der Waals surface area (Å²) in [6.07, 6.45) is -3.93. The molecule has 0 unspecified atom stereocenters. The summed E-state index contributed by atoms with van der Waals surface area (Å²) in [5.41, 5.74) is -0.221. The van der Waals surface area contributed by atoms with E-state index in [1.165, 1.54) is 6.07 Å². The highest BCUT2D eigenvalue weighted by molar-refractivity contribution is 7.92. The summed E-state index contributed by atoms with van der Waals surface area (Å²) in [6, 6.07) is 7.88. The average molecular weight is 388 g/mol. The van der Waals surface area contributed by atoms with Crippen LogP contribution in [0.3, 0.4) is 0 Å². The molecule has 3 rings (SSSR count). The molecule has 0 amide bonds. The number of alkyl halides is 3. The van der Waals surface area contributed by atoms with Gasteiger partial charge in [-0.05, 0) is 54.8 Å². The lowest BCUT2D eigenvalue weighted by Crippen LogP contribution is -2.15. The average Bonchev–Trinajstić information content (AvgIpc) is 3.08. The fraction of sp³-hybridized carbons (Fsp3) is 0.294. The van der Waals surface area contributed by atoms with Crippen molar-refractivity contribution in [2.24, 2.45) is 0 Å². The van der Waals surface area contributed by atoms with Crippen molar-refractivity contribution in [2.75, 3.05) is 17.8 Å². The minimum atomic E-state index is -4.85. The van der Waals surface area contributed by atoms with Crippen LogP contribution in [-0.2, 0) is 16.2 Å². The van der Waals surface area contributed by atoms with Gasteiger partial charge in [-0.3, -0.25) is 4.72 Å². The number of benzene rings is 2. The number of anilines is 1. The zero-order chi connectivity index (χ0) is 18.9. The van der Waals surface area contributed by atoms with E-state index in [1.807, 2.05) is 6.07 Å². The van der Waals surface area contributed by atoms with Crippen LogP contribution in [0.25, 0.3) is 0 Å². The van der Waals surface area contributed by atoms with E-state index < -0.39 is 32.5 Å². The summed E-state index contributed by atoms with van der Waals surface area (Å²) < 4.78 is 78.9. The number of halogens is 4. The van der Waals surface area contributed by atoms with Gasteiger partial charge in [-0.1, -0.05) is 12.1 Å². The second kappa shape index (κ2) is 6.88. The molecule has 0 bridgehead atoms. The summed E-state index contributed by atoms with van der Waals surface area (Å²) in [7, 11) is -4.36. The van der Waals surface area contributed by atoms with Crippen LogP contribution >= 0.6 is 0 Å². The van der Waals surface area contributed by atoms with Gasteiger partial charge in [-0.15, -0.1) is 0 Å². The molecule has 0 spiro atoms. The van der Waals surface area contributed by atoms with Crippen molar-refractivity contribution in [3.63, 3.8) is 0 Å². The molecule has 2 aromatic carbocycles. The molecular weight excluding hydrogens is 372 g/mol. The smallest absolute Gasteiger partial charge is 0.316 e. The third-order valence-corrected chi connectivity index (χ3v) is 5.54. The van der Waals surface area contributed by atoms with Gasteiger partial charge in [0.05, 0.1) is 10.5 Å². The standard InChI is InChI=1S/C17H16F4N2O2S/c18-14-7-13(17(19,20)21)8-16(9-14)26(24,25)23-15-3-1-2-11(6-15)12-4-5-22-10-12/h1-3,6-9,12,22-23H,4-5,10H2/t12-/m1/s1. The summed E-state index contributed by atoms with van der Waals surface area (Å²) in [5, 5.41) is 3.20. The van der Waals surface area contributed by atoms with E-state index in [0.29, 0.717) is 12.1 Å². The normalized spacial score (nSPS) is 18.1. The zero-order valence-corrected chi connectivity index (χ0v) is 14.3. The van der Waals surface area contributed by atoms with Crippen molar-refractivity contribution < 1.29 is 26.0 Å². The molecule has 1 atom stereocenters. The zero-order valence-electron chi connectivity index (χ0n) is 13.5. The highest BCUT2D eigenvalue weighted by atomic mass is 32.2. The van der Waals surface area contributed by atoms with Gasteiger partial charge >= 0.3 is 6.18 Å². The van der Waals surface area contributed by atoms with E-state index >= 15 is 0 Å². The Kier molecular flexibility index (Phi) is 4.94. The highest BCUT2D eigenvalue weighted by Crippen LogP contribution is 2.32. The van der Waals surface area contributed by atoms with Crippen molar-refractivity contribution in [1.82, 2.24) is 5.32 Å². The van der Waals surface area contributed by atoms with Crippen LogP contribution in [-0.4, -0.2) is 21.5 Å². The Morgan fingerprint density at radius 3 is 2.54 bits per heavy atom. The molecule has 1 aliphatic rings. The van der Waals surface area contributed by atoms with Crippen molar-refractivity contribution >= 4 is 15.7 Å². The van der Waals surface area contributed by atoms with Crippen LogP contribution in [0.4, 0.5) is 23.2 Å². The maximum absolute atomic E-state index is 13.5. The predicted molar refractivity (Wildman–Crippen MR) is 88.9 cm³/mol. The molecule has 4 nitrogen and oxygen atoms in total. The molecule has 1 heterocycles. The Hall–Kier alpha value is -2.13. The first-order valence-corrected chi connectivity index (χ1v) is 9.35. The first-order chi connectivity index (χ1) is 12.1. The monoisotopic (exact) mass is 388 g/mol. The van der Waals surface area contributed by atoms with Crippen LogP contribution in [0.5, 0.6) is 0 Å². The molecule has 1 saturated heterocycles. The summed E-state index contributed by atoms with van der Waals surface area (Å²) >= 11 is 0. The van der Waals surface area contributed by atoms with Crippen LogP contribution in [0.2, 0.25) is 0 Å². The molecule has 1 aliphatic heterocycles. The van der Waals surface area contributed by atoms with Gasteiger partial charge in [-0.2, -0.15) is 13.2 Å². The van der Waals surface area contributed by atoms with Gasteiger partial charge in [0.15, 0.2) is 0 Å². The van der Waals surface area contributed by atoms with Gasteiger partial charge in [0.2, 0.25) is 0 Å². The first kappa shape index (κ1) is 18.7. The lowest BCUT2D eigenvalue weighted by molar-refractivity contribution is -0.137. The molecule has 0 aliphatic carbocycles. The number of hydrogen-bond acceptors (Lipinski definition) is 3. The lowest BCUT2D eigenvalue weighted by atomic mass is 9.98. The third-order valence-electron chi connectivity index (χ3n) is 4.18. The fourth-order valence-electron chi connectivity index (χ4n) is 2.89. The second-order valence-corrected chi connectivity index (χ2v) is 7.78.